The minimum Gasteiger partial charge on any atom is -0.464 e. The fourth-order valence-corrected chi connectivity index (χ4v) is 2.62. The first-order valence-corrected chi connectivity index (χ1v) is 8.01. The van der Waals surface area contributed by atoms with Crippen LogP contribution in [-0.2, 0) is 11.2 Å². The van der Waals surface area contributed by atoms with E-state index in [1.54, 1.807) is 6.26 Å². The Morgan fingerprint density at radius 3 is 2.73 bits per heavy atom. The number of nitrogens with two attached hydrogens (primary N) is 1. The predicted octanol–water partition coefficient (Wildman–Crippen LogP) is 3.23. The highest BCUT2D eigenvalue weighted by Gasteiger charge is 2.14. The lowest BCUT2D eigenvalue weighted by Gasteiger charge is -2.16. The van der Waals surface area contributed by atoms with Gasteiger partial charge in [-0.2, -0.15) is 0 Å². The van der Waals surface area contributed by atoms with Crippen LogP contribution in [0.15, 0.2) is 22.8 Å². The highest BCUT2D eigenvalue weighted by atomic mass is 16.3. The second-order valence-electron chi connectivity index (χ2n) is 6.01. The smallest absolute Gasteiger partial charge is 0.224 e. The van der Waals surface area contributed by atoms with Crippen LogP contribution >= 0.6 is 0 Å². The molecule has 1 aromatic carbocycles. The molecule has 0 aliphatic carbocycles. The molecule has 4 heteroatoms. The zero-order chi connectivity index (χ0) is 16.1. The van der Waals surface area contributed by atoms with Crippen molar-refractivity contribution in [1.82, 2.24) is 5.32 Å². The van der Waals surface area contributed by atoms with Crippen LogP contribution in [0.2, 0.25) is 0 Å². The largest absolute Gasteiger partial charge is 0.464 e. The summed E-state index contributed by atoms with van der Waals surface area (Å²) in [6, 6.07) is 4.18. The fraction of sp³-hybridized carbons (Fsp3) is 0.500. The van der Waals surface area contributed by atoms with Crippen LogP contribution in [0.3, 0.4) is 0 Å². The van der Waals surface area contributed by atoms with Crippen molar-refractivity contribution in [2.45, 2.75) is 52.5 Å². The topological polar surface area (TPSA) is 68.3 Å². The Balaban J connectivity index is 2.07. The molecule has 0 spiro atoms. The van der Waals surface area contributed by atoms with Crippen LogP contribution in [-0.4, -0.2) is 18.5 Å². The molecule has 1 aromatic heterocycles. The van der Waals surface area contributed by atoms with Crippen molar-refractivity contribution in [3.63, 3.8) is 0 Å². The summed E-state index contributed by atoms with van der Waals surface area (Å²) in [4.78, 5) is 12.2. The highest BCUT2D eigenvalue weighted by Crippen LogP contribution is 2.25. The molecule has 2 rings (SSSR count). The molecule has 2 aromatic rings. The molecular formula is C18H26N2O2. The molecule has 0 radical (unpaired) electrons. The Morgan fingerprint density at radius 2 is 2.05 bits per heavy atom. The number of unbranched alkanes of at least 4 members (excludes halogenated alkanes) is 1. The molecular weight excluding hydrogens is 276 g/mol. The minimum absolute atomic E-state index is 0.00693. The van der Waals surface area contributed by atoms with Crippen LogP contribution in [0.4, 0.5) is 0 Å². The van der Waals surface area contributed by atoms with Crippen molar-refractivity contribution in [2.75, 3.05) is 6.54 Å². The summed E-state index contributed by atoms with van der Waals surface area (Å²) in [6.07, 6.45) is 5.14. The van der Waals surface area contributed by atoms with E-state index in [1.807, 2.05) is 6.07 Å². The van der Waals surface area contributed by atoms with E-state index in [0.29, 0.717) is 13.0 Å². The monoisotopic (exact) mass is 302 g/mol. The molecule has 22 heavy (non-hydrogen) atoms. The summed E-state index contributed by atoms with van der Waals surface area (Å²) < 4.78 is 5.58. The number of carbonyl (C=O) groups excluding carboxylic acids is 1. The third-order valence-electron chi connectivity index (χ3n) is 4.18. The third-order valence-corrected chi connectivity index (χ3v) is 4.18. The molecule has 0 bridgehead atoms. The molecule has 0 aliphatic rings. The molecule has 0 saturated carbocycles. The fourth-order valence-electron chi connectivity index (χ4n) is 2.62. The number of furan rings is 1. The van der Waals surface area contributed by atoms with Crippen LogP contribution in [0.25, 0.3) is 11.0 Å². The summed E-state index contributed by atoms with van der Waals surface area (Å²) in [5.41, 5.74) is 9.90. The van der Waals surface area contributed by atoms with E-state index in [9.17, 15) is 4.79 Å². The number of amides is 1. The average Bonchev–Trinajstić information content (AvgIpc) is 2.86. The van der Waals surface area contributed by atoms with Gasteiger partial charge in [0, 0.05) is 23.5 Å². The van der Waals surface area contributed by atoms with Crippen molar-refractivity contribution >= 4 is 16.9 Å². The average molecular weight is 302 g/mol. The Morgan fingerprint density at radius 1 is 1.32 bits per heavy atom. The van der Waals surface area contributed by atoms with E-state index in [0.717, 1.165) is 35.8 Å². The van der Waals surface area contributed by atoms with Gasteiger partial charge < -0.3 is 15.5 Å². The van der Waals surface area contributed by atoms with E-state index < -0.39 is 0 Å². The molecule has 4 nitrogen and oxygen atoms in total. The van der Waals surface area contributed by atoms with Gasteiger partial charge in [0.05, 0.1) is 12.7 Å². The van der Waals surface area contributed by atoms with Crippen molar-refractivity contribution < 1.29 is 9.21 Å². The quantitative estimate of drug-likeness (QED) is 0.825. The van der Waals surface area contributed by atoms with Crippen LogP contribution in [0.1, 0.15) is 42.9 Å². The normalized spacial score (nSPS) is 12.5. The van der Waals surface area contributed by atoms with Gasteiger partial charge in [-0.15, -0.1) is 0 Å². The maximum absolute atomic E-state index is 12.2. The summed E-state index contributed by atoms with van der Waals surface area (Å²) in [5, 5.41) is 4.05. The first kappa shape index (κ1) is 16.6. The van der Waals surface area contributed by atoms with Gasteiger partial charge in [-0.05, 0) is 43.5 Å². The Bertz CT molecular complexity index is 646. The van der Waals surface area contributed by atoms with Crippen LogP contribution in [0.5, 0.6) is 0 Å². The maximum Gasteiger partial charge on any atom is 0.224 e. The van der Waals surface area contributed by atoms with Crippen molar-refractivity contribution in [3.8, 4) is 0 Å². The van der Waals surface area contributed by atoms with Gasteiger partial charge in [-0.3, -0.25) is 4.79 Å². The number of carbonyl (C=O) groups is 1. The highest BCUT2D eigenvalue weighted by molar-refractivity contribution is 5.88. The van der Waals surface area contributed by atoms with Crippen molar-refractivity contribution in [2.24, 2.45) is 5.73 Å². The molecule has 1 unspecified atom stereocenters. The van der Waals surface area contributed by atoms with Crippen molar-refractivity contribution in [1.29, 1.82) is 0 Å². The van der Waals surface area contributed by atoms with Crippen LogP contribution in [0, 0.1) is 13.8 Å². The lowest BCUT2D eigenvalue weighted by molar-refractivity contribution is -0.121. The van der Waals surface area contributed by atoms with E-state index in [-0.39, 0.29) is 11.9 Å². The number of nitrogens with one attached hydrogen (secondary N) is 1. The number of benzene rings is 1. The minimum atomic E-state index is 0.00693. The van der Waals surface area contributed by atoms with Gasteiger partial charge in [-0.1, -0.05) is 19.8 Å². The van der Waals surface area contributed by atoms with E-state index in [2.05, 4.69) is 32.2 Å². The third kappa shape index (κ3) is 3.89. The summed E-state index contributed by atoms with van der Waals surface area (Å²) in [7, 11) is 0. The zero-order valence-electron chi connectivity index (χ0n) is 13.7. The lowest BCUT2D eigenvalue weighted by atomic mass is 10.0. The number of rotatable bonds is 7. The second-order valence-corrected chi connectivity index (χ2v) is 6.01. The van der Waals surface area contributed by atoms with E-state index >= 15 is 0 Å². The second kappa shape index (κ2) is 7.45. The Labute approximate surface area is 132 Å². The summed E-state index contributed by atoms with van der Waals surface area (Å²) in [5.74, 6) is 0.00693. The lowest BCUT2D eigenvalue weighted by Crippen LogP contribution is -2.40. The van der Waals surface area contributed by atoms with E-state index in [4.69, 9.17) is 10.2 Å². The van der Waals surface area contributed by atoms with Gasteiger partial charge in [0.2, 0.25) is 5.91 Å². The molecule has 120 valence electrons. The molecule has 1 atom stereocenters. The van der Waals surface area contributed by atoms with Gasteiger partial charge in [0.25, 0.3) is 0 Å². The number of aryl methyl sites for hydroxylation is 2. The molecule has 0 aliphatic heterocycles. The van der Waals surface area contributed by atoms with Crippen LogP contribution < -0.4 is 11.1 Å². The van der Waals surface area contributed by atoms with E-state index in [1.165, 1.54) is 11.1 Å². The SMILES string of the molecule is CCCCC(CN)NC(=O)Cc1coc2cc(C)c(C)cc12. The first-order valence-electron chi connectivity index (χ1n) is 8.01. The maximum atomic E-state index is 12.2. The Kier molecular flexibility index (Phi) is 5.61. The first-order chi connectivity index (χ1) is 10.5. The summed E-state index contributed by atoms with van der Waals surface area (Å²) >= 11 is 0. The molecule has 1 amide bonds. The van der Waals surface area contributed by atoms with Gasteiger partial charge in [-0.25, -0.2) is 0 Å². The van der Waals surface area contributed by atoms with Crippen molar-refractivity contribution in [3.05, 3.63) is 35.1 Å². The zero-order valence-corrected chi connectivity index (χ0v) is 13.7. The standard InChI is InChI=1S/C18H26N2O2/c1-4-5-6-15(10-19)20-18(21)9-14-11-22-17-8-13(3)12(2)7-16(14)17/h7-8,11,15H,4-6,9-10,19H2,1-3H3,(H,20,21). The molecule has 0 saturated heterocycles. The Hall–Kier alpha value is -1.81. The molecule has 0 fully saturated rings. The molecule has 1 heterocycles. The number of hydrogen-bond acceptors (Lipinski definition) is 3. The van der Waals surface area contributed by atoms with Gasteiger partial charge in [0.15, 0.2) is 0 Å². The number of fused-ring (bicyclic) bond motifs is 1. The predicted molar refractivity (Wildman–Crippen MR) is 89.9 cm³/mol. The van der Waals surface area contributed by atoms with Gasteiger partial charge >= 0.3 is 0 Å². The molecule has 3 N–H and O–H groups in total. The summed E-state index contributed by atoms with van der Waals surface area (Å²) in [6.45, 7) is 6.75. The number of hydrogen-bond donors (Lipinski definition) is 2. The van der Waals surface area contributed by atoms with Gasteiger partial charge in [0.1, 0.15) is 5.58 Å².